The quantitative estimate of drug-likeness (QED) is 0.691. The first kappa shape index (κ1) is 22.2. The average molecular weight is 404 g/mol. The standard InChI is InChI=1S/C22H29N3O2.ClH/c1-16(2)18-8-10-19(11-9-18)22-23-13-12-20(24-22)25(15-21(26)27)14-17-6-4-3-5-7-17;/h8-13,16-17H,3-7,14-15H2,1-2H3,(H,26,27);1H. The highest BCUT2D eigenvalue weighted by molar-refractivity contribution is 5.85. The normalized spacial score (nSPS) is 14.5. The summed E-state index contributed by atoms with van der Waals surface area (Å²) in [6, 6.07) is 10.1. The van der Waals surface area contributed by atoms with Crippen molar-refractivity contribution in [3.63, 3.8) is 0 Å². The minimum atomic E-state index is -0.827. The molecule has 0 aliphatic heterocycles. The van der Waals surface area contributed by atoms with Crippen molar-refractivity contribution >= 4 is 24.2 Å². The van der Waals surface area contributed by atoms with Gasteiger partial charge in [-0.1, -0.05) is 57.4 Å². The van der Waals surface area contributed by atoms with Crippen LogP contribution in [0.5, 0.6) is 0 Å². The molecule has 0 radical (unpaired) electrons. The zero-order valence-corrected chi connectivity index (χ0v) is 17.5. The number of hydrogen-bond acceptors (Lipinski definition) is 4. The molecule has 5 nitrogen and oxygen atoms in total. The molecular weight excluding hydrogens is 374 g/mol. The number of nitrogens with zero attached hydrogens (tertiary/aromatic N) is 3. The zero-order chi connectivity index (χ0) is 19.2. The van der Waals surface area contributed by atoms with Crippen molar-refractivity contribution in [2.24, 2.45) is 5.92 Å². The Balaban J connectivity index is 0.00000280. The summed E-state index contributed by atoms with van der Waals surface area (Å²) in [6.07, 6.45) is 7.84. The smallest absolute Gasteiger partial charge is 0.323 e. The van der Waals surface area contributed by atoms with Crippen molar-refractivity contribution in [2.45, 2.75) is 51.9 Å². The second-order valence-electron chi connectivity index (χ2n) is 7.79. The Morgan fingerprint density at radius 2 is 1.82 bits per heavy atom. The lowest BCUT2D eigenvalue weighted by Gasteiger charge is -2.29. The molecule has 1 N–H and O–H groups in total. The molecule has 3 rings (SSSR count). The summed E-state index contributed by atoms with van der Waals surface area (Å²) in [4.78, 5) is 22.4. The monoisotopic (exact) mass is 403 g/mol. The third kappa shape index (κ3) is 5.93. The van der Waals surface area contributed by atoms with Crippen LogP contribution in [0.15, 0.2) is 36.5 Å². The Hall–Kier alpha value is -2.14. The number of aliphatic carboxylic acids is 1. The summed E-state index contributed by atoms with van der Waals surface area (Å²) in [5.74, 6) is 1.53. The Labute approximate surface area is 173 Å². The van der Waals surface area contributed by atoms with Crippen LogP contribution in [0.25, 0.3) is 11.4 Å². The van der Waals surface area contributed by atoms with Gasteiger partial charge in [-0.05, 0) is 36.3 Å². The van der Waals surface area contributed by atoms with Crippen LogP contribution in [0.3, 0.4) is 0 Å². The van der Waals surface area contributed by atoms with Crippen LogP contribution < -0.4 is 4.90 Å². The Bertz CT molecular complexity index is 759. The minimum absolute atomic E-state index is 0. The number of halogens is 1. The summed E-state index contributed by atoms with van der Waals surface area (Å²) >= 11 is 0. The van der Waals surface area contributed by atoms with Gasteiger partial charge < -0.3 is 10.0 Å². The van der Waals surface area contributed by atoms with E-state index in [0.717, 1.165) is 12.1 Å². The van der Waals surface area contributed by atoms with Gasteiger partial charge in [-0.3, -0.25) is 4.79 Å². The van der Waals surface area contributed by atoms with Gasteiger partial charge in [0.15, 0.2) is 5.82 Å². The highest BCUT2D eigenvalue weighted by Crippen LogP contribution is 2.27. The molecule has 1 aromatic heterocycles. The summed E-state index contributed by atoms with van der Waals surface area (Å²) < 4.78 is 0. The fourth-order valence-corrected chi connectivity index (χ4v) is 3.77. The van der Waals surface area contributed by atoms with Crippen LogP contribution in [0.1, 0.15) is 57.4 Å². The van der Waals surface area contributed by atoms with Gasteiger partial charge in [-0.15, -0.1) is 12.4 Å². The van der Waals surface area contributed by atoms with E-state index in [0.29, 0.717) is 23.5 Å². The van der Waals surface area contributed by atoms with Crippen molar-refractivity contribution in [2.75, 3.05) is 18.0 Å². The summed E-state index contributed by atoms with van der Waals surface area (Å²) in [5.41, 5.74) is 2.23. The summed E-state index contributed by atoms with van der Waals surface area (Å²) in [6.45, 7) is 5.05. The van der Waals surface area contributed by atoms with Gasteiger partial charge >= 0.3 is 5.97 Å². The molecule has 1 aliphatic rings. The van der Waals surface area contributed by atoms with E-state index < -0.39 is 5.97 Å². The lowest BCUT2D eigenvalue weighted by atomic mass is 9.89. The molecular formula is C22H30ClN3O2. The van der Waals surface area contributed by atoms with Crippen molar-refractivity contribution in [3.05, 3.63) is 42.1 Å². The molecule has 0 saturated heterocycles. The Morgan fingerprint density at radius 1 is 1.14 bits per heavy atom. The van der Waals surface area contributed by atoms with Gasteiger partial charge in [0.1, 0.15) is 12.4 Å². The molecule has 1 saturated carbocycles. The highest BCUT2D eigenvalue weighted by Gasteiger charge is 2.20. The van der Waals surface area contributed by atoms with Crippen LogP contribution in [0.4, 0.5) is 5.82 Å². The number of carbonyl (C=O) groups is 1. The van der Waals surface area contributed by atoms with Crippen molar-refractivity contribution < 1.29 is 9.90 Å². The number of carboxylic acid groups (broad SMARTS) is 1. The van der Waals surface area contributed by atoms with E-state index in [1.54, 1.807) is 6.20 Å². The average Bonchev–Trinajstić information content (AvgIpc) is 2.68. The topological polar surface area (TPSA) is 66.3 Å². The van der Waals surface area contributed by atoms with Gasteiger partial charge in [0.25, 0.3) is 0 Å². The fourth-order valence-electron chi connectivity index (χ4n) is 3.77. The Morgan fingerprint density at radius 3 is 2.43 bits per heavy atom. The molecule has 1 aromatic carbocycles. The van der Waals surface area contributed by atoms with E-state index in [2.05, 4.69) is 35.9 Å². The van der Waals surface area contributed by atoms with Crippen LogP contribution in [-0.4, -0.2) is 34.1 Å². The van der Waals surface area contributed by atoms with E-state index in [9.17, 15) is 9.90 Å². The SMILES string of the molecule is CC(C)c1ccc(-c2nccc(N(CC(=O)O)CC3CCCCC3)n2)cc1.Cl. The third-order valence-electron chi connectivity index (χ3n) is 5.33. The molecule has 1 aliphatic carbocycles. The summed E-state index contributed by atoms with van der Waals surface area (Å²) in [5, 5.41) is 9.36. The molecule has 0 unspecified atom stereocenters. The maximum atomic E-state index is 11.4. The van der Waals surface area contributed by atoms with E-state index in [1.807, 2.05) is 23.1 Å². The van der Waals surface area contributed by atoms with Gasteiger partial charge in [0.05, 0.1) is 0 Å². The zero-order valence-electron chi connectivity index (χ0n) is 16.7. The van der Waals surface area contributed by atoms with Gasteiger partial charge in [0.2, 0.25) is 0 Å². The van der Waals surface area contributed by atoms with Crippen molar-refractivity contribution in [1.29, 1.82) is 0 Å². The lowest BCUT2D eigenvalue weighted by molar-refractivity contribution is -0.135. The Kier molecular flexibility index (Phi) is 8.24. The number of carboxylic acids is 1. The second-order valence-corrected chi connectivity index (χ2v) is 7.79. The maximum Gasteiger partial charge on any atom is 0.323 e. The number of rotatable bonds is 7. The van der Waals surface area contributed by atoms with Crippen molar-refractivity contribution in [1.82, 2.24) is 9.97 Å². The molecule has 0 bridgehead atoms. The minimum Gasteiger partial charge on any atom is -0.480 e. The van der Waals surface area contributed by atoms with E-state index >= 15 is 0 Å². The van der Waals surface area contributed by atoms with Crippen LogP contribution in [-0.2, 0) is 4.79 Å². The largest absolute Gasteiger partial charge is 0.480 e. The predicted molar refractivity (Wildman–Crippen MR) is 115 cm³/mol. The molecule has 28 heavy (non-hydrogen) atoms. The first-order valence-electron chi connectivity index (χ1n) is 9.93. The van der Waals surface area contributed by atoms with Crippen LogP contribution in [0, 0.1) is 5.92 Å². The first-order valence-corrected chi connectivity index (χ1v) is 9.93. The molecule has 0 atom stereocenters. The number of aromatic nitrogens is 2. The van der Waals surface area contributed by atoms with E-state index in [1.165, 1.54) is 37.7 Å². The van der Waals surface area contributed by atoms with Crippen LogP contribution in [0.2, 0.25) is 0 Å². The third-order valence-corrected chi connectivity index (χ3v) is 5.33. The number of anilines is 1. The predicted octanol–water partition coefficient (Wildman–Crippen LogP) is 5.16. The first-order chi connectivity index (χ1) is 13.0. The van der Waals surface area contributed by atoms with Crippen LogP contribution >= 0.6 is 12.4 Å². The maximum absolute atomic E-state index is 11.4. The van der Waals surface area contributed by atoms with Gasteiger partial charge in [-0.2, -0.15) is 0 Å². The van der Waals surface area contributed by atoms with Gasteiger partial charge in [-0.25, -0.2) is 9.97 Å². The molecule has 1 fully saturated rings. The summed E-state index contributed by atoms with van der Waals surface area (Å²) in [7, 11) is 0. The number of benzene rings is 1. The van der Waals surface area contributed by atoms with Crippen molar-refractivity contribution in [3.8, 4) is 11.4 Å². The molecule has 1 heterocycles. The van der Waals surface area contributed by atoms with E-state index in [4.69, 9.17) is 0 Å². The second kappa shape index (κ2) is 10.4. The highest BCUT2D eigenvalue weighted by atomic mass is 35.5. The lowest BCUT2D eigenvalue weighted by Crippen LogP contribution is -2.35. The van der Waals surface area contributed by atoms with Gasteiger partial charge in [0, 0.05) is 18.3 Å². The fraction of sp³-hybridized carbons (Fsp3) is 0.500. The molecule has 152 valence electrons. The molecule has 6 heteroatoms. The molecule has 2 aromatic rings. The number of hydrogen-bond donors (Lipinski definition) is 1. The molecule has 0 spiro atoms. The van der Waals surface area contributed by atoms with E-state index in [-0.39, 0.29) is 19.0 Å². The molecule has 0 amide bonds.